The van der Waals surface area contributed by atoms with E-state index in [1.165, 1.54) is 19.2 Å². The van der Waals surface area contributed by atoms with Crippen LogP contribution in [0.1, 0.15) is 11.5 Å². The van der Waals surface area contributed by atoms with Crippen molar-refractivity contribution in [2.75, 3.05) is 13.7 Å². The molecule has 1 saturated carbocycles. The largest absolute Gasteiger partial charge is 0.383 e. The summed E-state index contributed by atoms with van der Waals surface area (Å²) in [5, 5.41) is -0.834. The van der Waals surface area contributed by atoms with Crippen LogP contribution in [0.25, 0.3) is 0 Å². The standard InChI is InChI=1S/C17H18FNO3S/c1-22-11-17(19)15(12-6-5-7-13(18)10-12)16(17)23(20,21)14-8-3-2-4-9-14/h2-10,15-16H,11,19H2,1H3/t15-,16+,17+/m1/s1. The highest BCUT2D eigenvalue weighted by Crippen LogP contribution is 2.55. The molecule has 0 unspecified atom stereocenters. The molecule has 1 fully saturated rings. The fourth-order valence-electron chi connectivity index (χ4n) is 3.25. The van der Waals surface area contributed by atoms with Crippen LogP contribution in [0.4, 0.5) is 4.39 Å². The number of halogens is 1. The van der Waals surface area contributed by atoms with Gasteiger partial charge >= 0.3 is 0 Å². The maximum Gasteiger partial charge on any atom is 0.183 e. The van der Waals surface area contributed by atoms with E-state index >= 15 is 0 Å². The molecular weight excluding hydrogens is 317 g/mol. The zero-order valence-corrected chi connectivity index (χ0v) is 13.5. The minimum absolute atomic E-state index is 0.0882. The van der Waals surface area contributed by atoms with Crippen molar-refractivity contribution in [1.29, 1.82) is 0 Å². The first-order chi connectivity index (χ1) is 10.9. The van der Waals surface area contributed by atoms with Crippen LogP contribution in [-0.4, -0.2) is 32.9 Å². The fraction of sp³-hybridized carbons (Fsp3) is 0.294. The maximum atomic E-state index is 13.5. The lowest BCUT2D eigenvalue weighted by Gasteiger charge is -2.11. The molecule has 2 N–H and O–H groups in total. The first-order valence-electron chi connectivity index (χ1n) is 7.23. The van der Waals surface area contributed by atoms with Gasteiger partial charge in [-0.15, -0.1) is 0 Å². The third-order valence-electron chi connectivity index (χ3n) is 4.31. The lowest BCUT2D eigenvalue weighted by molar-refractivity contribution is 0.171. The Morgan fingerprint density at radius 3 is 2.48 bits per heavy atom. The summed E-state index contributed by atoms with van der Waals surface area (Å²) in [7, 11) is -2.16. The van der Waals surface area contributed by atoms with Crippen LogP contribution < -0.4 is 5.73 Å². The van der Waals surface area contributed by atoms with E-state index in [4.69, 9.17) is 10.5 Å². The molecule has 0 saturated heterocycles. The van der Waals surface area contributed by atoms with E-state index in [1.54, 1.807) is 42.5 Å². The molecule has 0 amide bonds. The summed E-state index contributed by atoms with van der Waals surface area (Å²) in [6, 6.07) is 14.1. The molecule has 1 aliphatic rings. The number of ether oxygens (including phenoxy) is 1. The molecule has 1 aliphatic carbocycles. The van der Waals surface area contributed by atoms with E-state index in [0.717, 1.165) is 0 Å². The van der Waals surface area contributed by atoms with Crippen molar-refractivity contribution in [3.63, 3.8) is 0 Å². The Morgan fingerprint density at radius 2 is 1.87 bits per heavy atom. The molecular formula is C17H18FNO3S. The van der Waals surface area contributed by atoms with Crippen LogP contribution in [0.5, 0.6) is 0 Å². The molecule has 2 aromatic rings. The highest BCUT2D eigenvalue weighted by atomic mass is 32.2. The molecule has 3 atom stereocenters. The third kappa shape index (κ3) is 2.67. The van der Waals surface area contributed by atoms with Gasteiger partial charge in [0.15, 0.2) is 9.84 Å². The van der Waals surface area contributed by atoms with E-state index in [9.17, 15) is 12.8 Å². The van der Waals surface area contributed by atoms with Gasteiger partial charge in [0, 0.05) is 13.0 Å². The normalized spacial score (nSPS) is 26.9. The van der Waals surface area contributed by atoms with Crippen molar-refractivity contribution in [2.45, 2.75) is 21.6 Å². The molecule has 0 heterocycles. The summed E-state index contributed by atoms with van der Waals surface area (Å²) >= 11 is 0. The molecule has 0 bridgehead atoms. The summed E-state index contributed by atoms with van der Waals surface area (Å²) in [6.45, 7) is 0.0882. The van der Waals surface area contributed by atoms with Gasteiger partial charge in [0.2, 0.25) is 0 Å². The number of benzene rings is 2. The first kappa shape index (κ1) is 16.1. The second kappa shape index (κ2) is 5.70. The summed E-state index contributed by atoms with van der Waals surface area (Å²) in [5.41, 5.74) is 5.84. The highest BCUT2D eigenvalue weighted by Gasteiger charge is 2.69. The minimum atomic E-state index is -3.63. The number of rotatable bonds is 5. The lowest BCUT2D eigenvalue weighted by atomic mass is 10.1. The molecule has 4 nitrogen and oxygen atoms in total. The van der Waals surface area contributed by atoms with E-state index in [0.29, 0.717) is 5.56 Å². The van der Waals surface area contributed by atoms with Gasteiger partial charge in [0.05, 0.1) is 22.3 Å². The molecule has 2 aromatic carbocycles. The molecule has 0 spiro atoms. The van der Waals surface area contributed by atoms with Crippen LogP contribution in [0.2, 0.25) is 0 Å². The average molecular weight is 335 g/mol. The predicted octanol–water partition coefficient (Wildman–Crippen LogP) is 2.11. The Hall–Kier alpha value is -1.76. The number of sulfone groups is 1. The molecule has 3 rings (SSSR count). The summed E-state index contributed by atoms with van der Waals surface area (Å²) in [6.07, 6.45) is 0. The van der Waals surface area contributed by atoms with E-state index in [-0.39, 0.29) is 11.5 Å². The quantitative estimate of drug-likeness (QED) is 0.908. The number of hydrogen-bond acceptors (Lipinski definition) is 4. The Kier molecular flexibility index (Phi) is 4.00. The first-order valence-corrected chi connectivity index (χ1v) is 8.78. The van der Waals surface area contributed by atoms with Crippen molar-refractivity contribution in [3.8, 4) is 0 Å². The van der Waals surface area contributed by atoms with Gasteiger partial charge in [-0.1, -0.05) is 30.3 Å². The van der Waals surface area contributed by atoms with E-state index in [1.807, 2.05) is 0 Å². The van der Waals surface area contributed by atoms with Crippen molar-refractivity contribution in [3.05, 3.63) is 66.0 Å². The Bertz CT molecular complexity index is 810. The zero-order chi connectivity index (χ0) is 16.7. The molecule has 122 valence electrons. The van der Waals surface area contributed by atoms with E-state index in [2.05, 4.69) is 0 Å². The number of methoxy groups -OCH3 is 1. The SMILES string of the molecule is COC[C@]1(N)[C@H](c2cccc(F)c2)[C@@H]1S(=O)(=O)c1ccccc1. The summed E-state index contributed by atoms with van der Waals surface area (Å²) < 4.78 is 44.5. The summed E-state index contributed by atoms with van der Waals surface area (Å²) in [4.78, 5) is 0.217. The molecule has 23 heavy (non-hydrogen) atoms. The molecule has 0 radical (unpaired) electrons. The van der Waals surface area contributed by atoms with Crippen LogP contribution in [0.15, 0.2) is 59.5 Å². The van der Waals surface area contributed by atoms with Gasteiger partial charge in [0.1, 0.15) is 5.82 Å². The van der Waals surface area contributed by atoms with Crippen molar-refractivity contribution in [1.82, 2.24) is 0 Å². The maximum absolute atomic E-state index is 13.5. The van der Waals surface area contributed by atoms with Gasteiger partial charge < -0.3 is 10.5 Å². The lowest BCUT2D eigenvalue weighted by Crippen LogP contribution is -2.35. The highest BCUT2D eigenvalue weighted by molar-refractivity contribution is 7.92. The van der Waals surface area contributed by atoms with Gasteiger partial charge in [0.25, 0.3) is 0 Å². The smallest absolute Gasteiger partial charge is 0.183 e. The Labute approximate surface area is 135 Å². The van der Waals surface area contributed by atoms with Gasteiger partial charge in [-0.25, -0.2) is 12.8 Å². The Balaban J connectivity index is 2.04. The average Bonchev–Trinajstić information content (AvgIpc) is 3.15. The minimum Gasteiger partial charge on any atom is -0.383 e. The number of nitrogens with two attached hydrogens (primary N) is 1. The van der Waals surface area contributed by atoms with Crippen LogP contribution in [0.3, 0.4) is 0 Å². The van der Waals surface area contributed by atoms with E-state index < -0.39 is 32.4 Å². The van der Waals surface area contributed by atoms with Crippen LogP contribution in [-0.2, 0) is 14.6 Å². The van der Waals surface area contributed by atoms with Gasteiger partial charge in [-0.2, -0.15) is 0 Å². The van der Waals surface area contributed by atoms with Gasteiger partial charge in [-0.05, 0) is 29.8 Å². The van der Waals surface area contributed by atoms with Crippen LogP contribution >= 0.6 is 0 Å². The van der Waals surface area contributed by atoms with Crippen molar-refractivity contribution >= 4 is 9.84 Å². The topological polar surface area (TPSA) is 69.4 Å². The second-order valence-electron chi connectivity index (χ2n) is 5.86. The number of hydrogen-bond donors (Lipinski definition) is 1. The van der Waals surface area contributed by atoms with Crippen molar-refractivity contribution < 1.29 is 17.5 Å². The molecule has 0 aliphatic heterocycles. The molecule has 0 aromatic heterocycles. The van der Waals surface area contributed by atoms with Gasteiger partial charge in [-0.3, -0.25) is 0 Å². The zero-order valence-electron chi connectivity index (χ0n) is 12.6. The Morgan fingerprint density at radius 1 is 1.17 bits per heavy atom. The summed E-state index contributed by atoms with van der Waals surface area (Å²) in [5.74, 6) is -0.909. The monoisotopic (exact) mass is 335 g/mol. The van der Waals surface area contributed by atoms with Crippen LogP contribution in [0, 0.1) is 5.82 Å². The second-order valence-corrected chi connectivity index (χ2v) is 7.93. The predicted molar refractivity (Wildman–Crippen MR) is 85.4 cm³/mol. The molecule has 6 heteroatoms. The third-order valence-corrected chi connectivity index (χ3v) is 6.62. The fourth-order valence-corrected chi connectivity index (χ4v) is 5.57. The van der Waals surface area contributed by atoms with Crippen molar-refractivity contribution in [2.24, 2.45) is 5.73 Å².